The van der Waals surface area contributed by atoms with Gasteiger partial charge in [-0.2, -0.15) is 0 Å². The topological polar surface area (TPSA) is 58.4 Å². The summed E-state index contributed by atoms with van der Waals surface area (Å²) in [7, 11) is 0. The Morgan fingerprint density at radius 1 is 1.33 bits per heavy atom. The zero-order chi connectivity index (χ0) is 15.1. The highest BCUT2D eigenvalue weighted by Gasteiger charge is 2.15. The lowest BCUT2D eigenvalue weighted by molar-refractivity contribution is -0.117. The van der Waals surface area contributed by atoms with Gasteiger partial charge in [0, 0.05) is 18.7 Å². The summed E-state index contributed by atoms with van der Waals surface area (Å²) >= 11 is 0. The number of likely N-dealkylation sites (tertiary alicyclic amines) is 1. The van der Waals surface area contributed by atoms with Crippen LogP contribution in [0.1, 0.15) is 38.2 Å². The molecule has 1 aliphatic rings. The quantitative estimate of drug-likeness (QED) is 0.811. The van der Waals surface area contributed by atoms with Gasteiger partial charge in [0.2, 0.25) is 5.91 Å². The van der Waals surface area contributed by atoms with Crippen molar-refractivity contribution in [1.82, 2.24) is 4.90 Å². The summed E-state index contributed by atoms with van der Waals surface area (Å²) in [6, 6.07) is 8.11. The first-order valence-corrected chi connectivity index (χ1v) is 8.03. The highest BCUT2D eigenvalue weighted by atomic mass is 16.1. The van der Waals surface area contributed by atoms with Crippen molar-refractivity contribution in [3.8, 4) is 0 Å². The van der Waals surface area contributed by atoms with Crippen LogP contribution in [0.5, 0.6) is 0 Å². The van der Waals surface area contributed by atoms with Gasteiger partial charge in [-0.1, -0.05) is 31.5 Å². The van der Waals surface area contributed by atoms with Gasteiger partial charge in [0.1, 0.15) is 0 Å². The number of rotatable bonds is 7. The number of benzene rings is 1. The van der Waals surface area contributed by atoms with Crippen LogP contribution in [-0.4, -0.2) is 30.4 Å². The van der Waals surface area contributed by atoms with E-state index in [0.29, 0.717) is 13.0 Å². The number of nitrogens with one attached hydrogen (secondary N) is 1. The molecule has 0 spiro atoms. The number of hydrogen-bond donors (Lipinski definition) is 2. The largest absolute Gasteiger partial charge is 0.330 e. The number of nitrogens with two attached hydrogens (primary N) is 1. The summed E-state index contributed by atoms with van der Waals surface area (Å²) in [5.41, 5.74) is 7.83. The summed E-state index contributed by atoms with van der Waals surface area (Å²) < 4.78 is 0. The van der Waals surface area contributed by atoms with Crippen LogP contribution in [0.3, 0.4) is 0 Å². The molecule has 1 saturated heterocycles. The maximum Gasteiger partial charge on any atom is 0.224 e. The van der Waals surface area contributed by atoms with Crippen LogP contribution in [0.15, 0.2) is 24.3 Å². The number of anilines is 1. The van der Waals surface area contributed by atoms with Crippen LogP contribution in [0.2, 0.25) is 0 Å². The van der Waals surface area contributed by atoms with Gasteiger partial charge in [0.25, 0.3) is 0 Å². The van der Waals surface area contributed by atoms with Gasteiger partial charge in [0.05, 0.1) is 0 Å². The molecular weight excluding hydrogens is 262 g/mol. The van der Waals surface area contributed by atoms with Crippen molar-refractivity contribution in [3.63, 3.8) is 0 Å². The summed E-state index contributed by atoms with van der Waals surface area (Å²) in [4.78, 5) is 14.6. The monoisotopic (exact) mass is 289 g/mol. The van der Waals surface area contributed by atoms with Crippen molar-refractivity contribution in [1.29, 1.82) is 0 Å². The molecule has 116 valence electrons. The Morgan fingerprint density at radius 3 is 2.71 bits per heavy atom. The standard InChI is InChI=1S/C17H27N3O/c1-2-14(12-18)11-17(21)19-16-8-4-3-7-15(16)13-20-9-5-6-10-20/h3-4,7-8,14H,2,5-6,9-13,18H2,1H3,(H,19,21). The summed E-state index contributed by atoms with van der Waals surface area (Å²) in [5, 5.41) is 3.06. The molecule has 1 fully saturated rings. The van der Waals surface area contributed by atoms with E-state index in [0.717, 1.165) is 31.7 Å². The van der Waals surface area contributed by atoms with Gasteiger partial charge < -0.3 is 11.1 Å². The predicted molar refractivity (Wildman–Crippen MR) is 87.0 cm³/mol. The third-order valence-corrected chi connectivity index (χ3v) is 4.27. The lowest BCUT2D eigenvalue weighted by Crippen LogP contribution is -2.23. The molecular formula is C17H27N3O. The number of carbonyl (C=O) groups excluding carboxylic acids is 1. The van der Waals surface area contributed by atoms with Crippen molar-refractivity contribution in [2.75, 3.05) is 25.0 Å². The average molecular weight is 289 g/mol. The second kappa shape index (κ2) is 8.15. The minimum absolute atomic E-state index is 0.0705. The first-order valence-electron chi connectivity index (χ1n) is 8.03. The molecule has 1 unspecified atom stereocenters. The predicted octanol–water partition coefficient (Wildman–Crippen LogP) is 2.60. The Kier molecular flexibility index (Phi) is 6.21. The Morgan fingerprint density at radius 2 is 2.05 bits per heavy atom. The van der Waals surface area contributed by atoms with E-state index in [1.54, 1.807) is 0 Å². The molecule has 0 aliphatic carbocycles. The third-order valence-electron chi connectivity index (χ3n) is 4.27. The summed E-state index contributed by atoms with van der Waals surface area (Å²) in [5.74, 6) is 0.344. The maximum absolute atomic E-state index is 12.1. The van der Waals surface area contributed by atoms with Crippen molar-refractivity contribution in [2.24, 2.45) is 11.7 Å². The van der Waals surface area contributed by atoms with Gasteiger partial charge >= 0.3 is 0 Å². The Bertz CT molecular complexity index is 451. The Hall–Kier alpha value is -1.39. The number of carbonyl (C=O) groups is 1. The van der Waals surface area contributed by atoms with Gasteiger partial charge in [-0.05, 0) is 50.0 Å². The second-order valence-corrected chi connectivity index (χ2v) is 5.90. The van der Waals surface area contributed by atoms with Crippen LogP contribution in [0.25, 0.3) is 0 Å². The zero-order valence-corrected chi connectivity index (χ0v) is 13.0. The zero-order valence-electron chi connectivity index (χ0n) is 13.0. The molecule has 4 heteroatoms. The fraction of sp³-hybridized carbons (Fsp3) is 0.588. The average Bonchev–Trinajstić information content (AvgIpc) is 3.00. The van der Waals surface area contributed by atoms with E-state index in [4.69, 9.17) is 5.73 Å². The Balaban J connectivity index is 1.97. The van der Waals surface area contributed by atoms with E-state index in [-0.39, 0.29) is 11.8 Å². The number of hydrogen-bond acceptors (Lipinski definition) is 3. The first kappa shape index (κ1) is 16.0. The minimum atomic E-state index is 0.0705. The van der Waals surface area contributed by atoms with Crippen molar-refractivity contribution in [3.05, 3.63) is 29.8 Å². The highest BCUT2D eigenvalue weighted by molar-refractivity contribution is 5.91. The molecule has 3 N–H and O–H groups in total. The second-order valence-electron chi connectivity index (χ2n) is 5.90. The van der Waals surface area contributed by atoms with Crippen molar-refractivity contribution < 1.29 is 4.79 Å². The molecule has 1 aromatic rings. The lowest BCUT2D eigenvalue weighted by Gasteiger charge is -2.18. The van der Waals surface area contributed by atoms with E-state index in [9.17, 15) is 4.79 Å². The molecule has 2 rings (SSSR count). The smallest absolute Gasteiger partial charge is 0.224 e. The molecule has 0 aromatic heterocycles. The van der Waals surface area contributed by atoms with Crippen LogP contribution in [-0.2, 0) is 11.3 Å². The first-order chi connectivity index (χ1) is 10.2. The molecule has 0 radical (unpaired) electrons. The fourth-order valence-electron chi connectivity index (χ4n) is 2.82. The minimum Gasteiger partial charge on any atom is -0.330 e. The number of amides is 1. The van der Waals surface area contributed by atoms with Crippen molar-refractivity contribution in [2.45, 2.75) is 39.2 Å². The van der Waals surface area contributed by atoms with Gasteiger partial charge in [0.15, 0.2) is 0 Å². The fourth-order valence-corrected chi connectivity index (χ4v) is 2.82. The molecule has 1 atom stereocenters. The van der Waals surface area contributed by atoms with Gasteiger partial charge in [-0.25, -0.2) is 0 Å². The molecule has 1 aliphatic heterocycles. The molecule has 0 bridgehead atoms. The van der Waals surface area contributed by atoms with Gasteiger partial charge in [-0.15, -0.1) is 0 Å². The van der Waals surface area contributed by atoms with E-state index in [1.165, 1.54) is 18.4 Å². The summed E-state index contributed by atoms with van der Waals surface area (Å²) in [6.45, 7) is 5.89. The molecule has 4 nitrogen and oxygen atoms in total. The Labute approximate surface area is 127 Å². The van der Waals surface area contributed by atoms with E-state index in [2.05, 4.69) is 23.2 Å². The van der Waals surface area contributed by atoms with Crippen molar-refractivity contribution >= 4 is 11.6 Å². The van der Waals surface area contributed by atoms with Gasteiger partial charge in [-0.3, -0.25) is 9.69 Å². The van der Waals surface area contributed by atoms with Crippen LogP contribution >= 0.6 is 0 Å². The molecule has 1 heterocycles. The van der Waals surface area contributed by atoms with E-state index >= 15 is 0 Å². The SMILES string of the molecule is CCC(CN)CC(=O)Nc1ccccc1CN1CCCC1. The summed E-state index contributed by atoms with van der Waals surface area (Å²) in [6.07, 6.45) is 4.01. The van der Waals surface area contributed by atoms with Crippen LogP contribution in [0.4, 0.5) is 5.69 Å². The van der Waals surface area contributed by atoms with Crippen LogP contribution in [0, 0.1) is 5.92 Å². The van der Waals surface area contributed by atoms with E-state index in [1.807, 2.05) is 18.2 Å². The van der Waals surface area contributed by atoms with Crippen LogP contribution < -0.4 is 11.1 Å². The third kappa shape index (κ3) is 4.83. The number of nitrogens with zero attached hydrogens (tertiary/aromatic N) is 1. The molecule has 1 amide bonds. The molecule has 0 saturated carbocycles. The lowest BCUT2D eigenvalue weighted by atomic mass is 10.0. The maximum atomic E-state index is 12.1. The molecule has 1 aromatic carbocycles. The number of para-hydroxylation sites is 1. The molecule has 21 heavy (non-hydrogen) atoms. The normalized spacial score (nSPS) is 16.9. The van der Waals surface area contributed by atoms with E-state index < -0.39 is 0 Å². The highest BCUT2D eigenvalue weighted by Crippen LogP contribution is 2.20.